The number of hydrogen-bond donors (Lipinski definition) is 1. The number of allylic oxidation sites excluding steroid dienone is 1. The molecule has 0 aliphatic heterocycles. The number of aldehydes is 1. The molecule has 1 unspecified atom stereocenters. The quantitative estimate of drug-likeness (QED) is 0.767. The molecule has 0 saturated carbocycles. The summed E-state index contributed by atoms with van der Waals surface area (Å²) in [6.07, 6.45) is 3.81. The molecule has 0 saturated heterocycles. The van der Waals surface area contributed by atoms with Crippen molar-refractivity contribution >= 4 is 24.0 Å². The number of carbonyl (C=O) groups excluding carboxylic acids is 1. The summed E-state index contributed by atoms with van der Waals surface area (Å²) in [4.78, 5) is 22.7. The van der Waals surface area contributed by atoms with E-state index in [0.717, 1.165) is 36.0 Å². The Hall–Kier alpha value is -0.770. The fraction of sp³-hybridized carbons (Fsp3) is 0.692. The highest BCUT2D eigenvalue weighted by Crippen LogP contribution is 2.44. The number of carbonyl (C=O) groups is 2. The zero-order valence-corrected chi connectivity index (χ0v) is 11.5. The monoisotopic (exact) mass is 256 g/mol. The first-order chi connectivity index (χ1) is 7.84. The van der Waals surface area contributed by atoms with Crippen molar-refractivity contribution in [2.45, 2.75) is 51.7 Å². The van der Waals surface area contributed by atoms with Crippen LogP contribution in [-0.2, 0) is 9.59 Å². The second-order valence-corrected chi connectivity index (χ2v) is 6.87. The molecule has 1 N–H and O–H groups in total. The Morgan fingerprint density at radius 1 is 1.59 bits per heavy atom. The predicted octanol–water partition coefficient (Wildman–Crippen LogP) is 3.25. The van der Waals surface area contributed by atoms with Gasteiger partial charge in [-0.3, -0.25) is 4.79 Å². The van der Waals surface area contributed by atoms with Gasteiger partial charge < -0.3 is 9.90 Å². The Balaban J connectivity index is 2.87. The van der Waals surface area contributed by atoms with Gasteiger partial charge in [-0.1, -0.05) is 13.8 Å². The zero-order chi connectivity index (χ0) is 13.1. The van der Waals surface area contributed by atoms with Crippen molar-refractivity contribution in [1.29, 1.82) is 0 Å². The zero-order valence-electron chi connectivity index (χ0n) is 10.7. The van der Waals surface area contributed by atoms with Crippen LogP contribution in [0.5, 0.6) is 0 Å². The van der Waals surface area contributed by atoms with Crippen molar-refractivity contribution in [3.63, 3.8) is 0 Å². The van der Waals surface area contributed by atoms with Gasteiger partial charge in [0, 0.05) is 0 Å². The van der Waals surface area contributed by atoms with Crippen molar-refractivity contribution in [2.75, 3.05) is 0 Å². The molecule has 0 aromatic carbocycles. The number of rotatable bonds is 5. The van der Waals surface area contributed by atoms with Crippen molar-refractivity contribution < 1.29 is 14.7 Å². The van der Waals surface area contributed by atoms with E-state index in [2.05, 4.69) is 13.8 Å². The first-order valence-corrected chi connectivity index (χ1v) is 6.76. The standard InChI is InChI=1S/C13H20O3S/c1-9(8-14)17-11-4-5-13(2,3)7-10(11)6-12(15)16/h8-9H,4-7H2,1-3H3,(H,15,16). The second kappa shape index (κ2) is 5.71. The molecule has 1 aliphatic carbocycles. The van der Waals surface area contributed by atoms with Crippen LogP contribution in [0.4, 0.5) is 0 Å². The summed E-state index contributed by atoms with van der Waals surface area (Å²) in [7, 11) is 0. The first-order valence-electron chi connectivity index (χ1n) is 5.89. The highest BCUT2D eigenvalue weighted by Gasteiger charge is 2.28. The molecular formula is C13H20O3S. The Labute approximate surface area is 107 Å². The van der Waals surface area contributed by atoms with Crippen LogP contribution < -0.4 is 0 Å². The lowest BCUT2D eigenvalue weighted by Crippen LogP contribution is -2.20. The molecule has 96 valence electrons. The topological polar surface area (TPSA) is 54.4 Å². The molecule has 0 fully saturated rings. The van der Waals surface area contributed by atoms with Crippen LogP contribution in [0.1, 0.15) is 46.5 Å². The minimum Gasteiger partial charge on any atom is -0.481 e. The molecule has 0 bridgehead atoms. The largest absolute Gasteiger partial charge is 0.481 e. The van der Waals surface area contributed by atoms with E-state index in [9.17, 15) is 9.59 Å². The van der Waals surface area contributed by atoms with E-state index < -0.39 is 5.97 Å². The van der Waals surface area contributed by atoms with Crippen molar-refractivity contribution in [2.24, 2.45) is 5.41 Å². The summed E-state index contributed by atoms with van der Waals surface area (Å²) in [6, 6.07) is 0. The number of carboxylic acid groups (broad SMARTS) is 1. The summed E-state index contributed by atoms with van der Waals surface area (Å²) >= 11 is 1.52. The molecule has 0 heterocycles. The van der Waals surface area contributed by atoms with Gasteiger partial charge in [0.25, 0.3) is 0 Å². The molecular weight excluding hydrogens is 236 g/mol. The molecule has 4 heteroatoms. The highest BCUT2D eigenvalue weighted by atomic mass is 32.2. The summed E-state index contributed by atoms with van der Waals surface area (Å²) in [5.41, 5.74) is 1.19. The third-order valence-corrected chi connectivity index (χ3v) is 4.26. The van der Waals surface area contributed by atoms with Gasteiger partial charge in [-0.05, 0) is 42.1 Å². The maximum absolute atomic E-state index is 10.9. The van der Waals surface area contributed by atoms with E-state index in [0.29, 0.717) is 0 Å². The number of hydrogen-bond acceptors (Lipinski definition) is 3. The van der Waals surface area contributed by atoms with Gasteiger partial charge in [0.2, 0.25) is 0 Å². The van der Waals surface area contributed by atoms with Crippen molar-refractivity contribution in [3.05, 3.63) is 10.5 Å². The van der Waals surface area contributed by atoms with Gasteiger partial charge in [0.15, 0.2) is 0 Å². The molecule has 0 radical (unpaired) electrons. The minimum absolute atomic E-state index is 0.0880. The lowest BCUT2D eigenvalue weighted by atomic mass is 9.76. The Bertz CT molecular complexity index is 345. The van der Waals surface area contributed by atoms with Crippen LogP contribution in [0, 0.1) is 5.41 Å². The van der Waals surface area contributed by atoms with Crippen LogP contribution >= 0.6 is 11.8 Å². The normalized spacial score (nSPS) is 21.1. The van der Waals surface area contributed by atoms with Gasteiger partial charge in [0.05, 0.1) is 11.7 Å². The average Bonchev–Trinajstić information content (AvgIpc) is 2.20. The van der Waals surface area contributed by atoms with Crippen LogP contribution in [0.15, 0.2) is 10.5 Å². The van der Waals surface area contributed by atoms with E-state index in [4.69, 9.17) is 5.11 Å². The summed E-state index contributed by atoms with van der Waals surface area (Å²) < 4.78 is 0. The molecule has 0 spiro atoms. The van der Waals surface area contributed by atoms with Crippen molar-refractivity contribution in [3.8, 4) is 0 Å². The van der Waals surface area contributed by atoms with Crippen LogP contribution in [-0.4, -0.2) is 22.6 Å². The molecule has 17 heavy (non-hydrogen) atoms. The van der Waals surface area contributed by atoms with E-state index in [1.54, 1.807) is 0 Å². The maximum Gasteiger partial charge on any atom is 0.307 e. The summed E-state index contributed by atoms with van der Waals surface area (Å²) in [5, 5.41) is 8.84. The average molecular weight is 256 g/mol. The van der Waals surface area contributed by atoms with Gasteiger partial charge in [-0.25, -0.2) is 0 Å². The van der Waals surface area contributed by atoms with Gasteiger partial charge in [-0.15, -0.1) is 11.8 Å². The van der Waals surface area contributed by atoms with E-state index in [-0.39, 0.29) is 17.1 Å². The Morgan fingerprint density at radius 2 is 2.24 bits per heavy atom. The SMILES string of the molecule is CC(C=O)SC1=C(CC(=O)O)CC(C)(C)CC1. The van der Waals surface area contributed by atoms with E-state index >= 15 is 0 Å². The fourth-order valence-corrected chi connectivity index (χ4v) is 3.17. The van der Waals surface area contributed by atoms with Gasteiger partial charge in [-0.2, -0.15) is 0 Å². The Morgan fingerprint density at radius 3 is 2.76 bits per heavy atom. The molecule has 0 aromatic heterocycles. The number of carboxylic acids is 1. The Kier molecular flexibility index (Phi) is 4.80. The van der Waals surface area contributed by atoms with Crippen molar-refractivity contribution in [1.82, 2.24) is 0 Å². The highest BCUT2D eigenvalue weighted by molar-refractivity contribution is 8.04. The second-order valence-electron chi connectivity index (χ2n) is 5.40. The lowest BCUT2D eigenvalue weighted by molar-refractivity contribution is -0.136. The van der Waals surface area contributed by atoms with E-state index in [1.807, 2.05) is 6.92 Å². The molecule has 0 aromatic rings. The summed E-state index contributed by atoms with van der Waals surface area (Å²) in [5.74, 6) is -0.783. The van der Waals surface area contributed by atoms with E-state index in [1.165, 1.54) is 11.8 Å². The van der Waals surface area contributed by atoms with Crippen LogP contribution in [0.25, 0.3) is 0 Å². The fourth-order valence-electron chi connectivity index (χ4n) is 2.13. The molecule has 1 rings (SSSR count). The molecule has 3 nitrogen and oxygen atoms in total. The summed E-state index contributed by atoms with van der Waals surface area (Å²) in [6.45, 7) is 6.18. The number of thioether (sulfide) groups is 1. The minimum atomic E-state index is -0.783. The third kappa shape index (κ3) is 4.54. The van der Waals surface area contributed by atoms with Crippen LogP contribution in [0.2, 0.25) is 0 Å². The molecule has 1 aliphatic rings. The molecule has 1 atom stereocenters. The van der Waals surface area contributed by atoms with Gasteiger partial charge >= 0.3 is 5.97 Å². The van der Waals surface area contributed by atoms with Gasteiger partial charge in [0.1, 0.15) is 6.29 Å². The number of aliphatic carboxylic acids is 1. The maximum atomic E-state index is 10.9. The first kappa shape index (κ1) is 14.3. The van der Waals surface area contributed by atoms with Crippen LogP contribution in [0.3, 0.4) is 0 Å². The molecule has 0 amide bonds. The third-order valence-electron chi connectivity index (χ3n) is 3.00. The smallest absolute Gasteiger partial charge is 0.307 e. The predicted molar refractivity (Wildman–Crippen MR) is 70.0 cm³/mol. The lowest BCUT2D eigenvalue weighted by Gasteiger charge is -2.33.